The highest BCUT2D eigenvalue weighted by Crippen LogP contribution is 2.61. The van der Waals surface area contributed by atoms with Gasteiger partial charge in [0.25, 0.3) is 0 Å². The zero-order chi connectivity index (χ0) is 13.0. The monoisotopic (exact) mass is 261 g/mol. The Bertz CT molecular complexity index is 308. The van der Waals surface area contributed by atoms with Crippen LogP contribution in [0.15, 0.2) is 0 Å². The molecular formula is C18H31N. The summed E-state index contributed by atoms with van der Waals surface area (Å²) in [5.41, 5.74) is 0.692. The lowest BCUT2D eigenvalue weighted by atomic mass is 9.48. The number of rotatable bonds is 5. The van der Waals surface area contributed by atoms with Gasteiger partial charge in [-0.05, 0) is 99.8 Å². The summed E-state index contributed by atoms with van der Waals surface area (Å²) < 4.78 is 0. The molecule has 0 aliphatic heterocycles. The Morgan fingerprint density at radius 1 is 0.947 bits per heavy atom. The van der Waals surface area contributed by atoms with Gasteiger partial charge in [0.1, 0.15) is 0 Å². The van der Waals surface area contributed by atoms with Gasteiger partial charge in [0.15, 0.2) is 0 Å². The quantitative estimate of drug-likeness (QED) is 0.781. The maximum absolute atomic E-state index is 3.96. The zero-order valence-electron chi connectivity index (χ0n) is 12.8. The highest BCUT2D eigenvalue weighted by atomic mass is 14.9. The molecule has 4 bridgehead atoms. The summed E-state index contributed by atoms with van der Waals surface area (Å²) in [6.07, 6.45) is 12.4. The molecule has 0 amide bonds. The van der Waals surface area contributed by atoms with Gasteiger partial charge in [-0.3, -0.25) is 0 Å². The molecule has 1 N–H and O–H groups in total. The Hall–Kier alpha value is -0.0400. The normalized spacial score (nSPS) is 47.4. The molecule has 2 unspecified atom stereocenters. The second-order valence-electron chi connectivity index (χ2n) is 8.72. The molecule has 1 heteroatoms. The van der Waals surface area contributed by atoms with Crippen molar-refractivity contribution in [3.63, 3.8) is 0 Å². The first-order chi connectivity index (χ1) is 9.14. The van der Waals surface area contributed by atoms with E-state index in [0.717, 1.165) is 35.6 Å². The Labute approximate surface area is 118 Å². The van der Waals surface area contributed by atoms with E-state index in [9.17, 15) is 0 Å². The second kappa shape index (κ2) is 4.48. The van der Waals surface area contributed by atoms with Gasteiger partial charge in [0.2, 0.25) is 0 Å². The van der Waals surface area contributed by atoms with E-state index in [-0.39, 0.29) is 0 Å². The molecule has 0 heterocycles. The molecule has 0 aromatic rings. The van der Waals surface area contributed by atoms with Crippen LogP contribution < -0.4 is 5.32 Å². The van der Waals surface area contributed by atoms with Crippen molar-refractivity contribution in [3.8, 4) is 0 Å². The van der Waals surface area contributed by atoms with Crippen LogP contribution in [0.5, 0.6) is 0 Å². The molecular weight excluding hydrogens is 230 g/mol. The van der Waals surface area contributed by atoms with Crippen LogP contribution in [-0.4, -0.2) is 12.6 Å². The lowest BCUT2D eigenvalue weighted by Gasteiger charge is -2.59. The molecule has 2 atom stereocenters. The Balaban J connectivity index is 1.39. The van der Waals surface area contributed by atoms with E-state index in [1.807, 2.05) is 0 Å². The molecule has 0 radical (unpaired) electrons. The SMILES string of the molecule is CC(CNC(C)C12CC3CC(CC(C3)C1)C2)C1CC1. The fourth-order valence-corrected chi connectivity index (χ4v) is 6.12. The van der Waals surface area contributed by atoms with Crippen LogP contribution in [-0.2, 0) is 0 Å². The smallest absolute Gasteiger partial charge is 0.00956 e. The number of hydrogen-bond donors (Lipinski definition) is 1. The predicted octanol–water partition coefficient (Wildman–Crippen LogP) is 4.23. The van der Waals surface area contributed by atoms with Crippen LogP contribution in [0.1, 0.15) is 65.2 Å². The Morgan fingerprint density at radius 3 is 1.95 bits per heavy atom. The molecule has 5 fully saturated rings. The average Bonchev–Trinajstić information content (AvgIpc) is 3.18. The highest BCUT2D eigenvalue weighted by Gasteiger charge is 2.53. The van der Waals surface area contributed by atoms with Gasteiger partial charge in [-0.2, -0.15) is 0 Å². The molecule has 0 aromatic carbocycles. The van der Waals surface area contributed by atoms with Gasteiger partial charge in [-0.25, -0.2) is 0 Å². The van der Waals surface area contributed by atoms with Gasteiger partial charge in [-0.1, -0.05) is 6.92 Å². The van der Waals surface area contributed by atoms with Crippen LogP contribution in [0.25, 0.3) is 0 Å². The second-order valence-corrected chi connectivity index (χ2v) is 8.72. The zero-order valence-corrected chi connectivity index (χ0v) is 12.8. The first-order valence-corrected chi connectivity index (χ1v) is 8.88. The van der Waals surface area contributed by atoms with Crippen molar-refractivity contribution in [2.45, 2.75) is 71.3 Å². The standard InChI is InChI=1S/C18H31N/c1-12(17-3-4-17)11-19-13(2)18-8-14-5-15(9-18)7-16(6-14)10-18/h12-17,19H,3-11H2,1-2H3. The first kappa shape index (κ1) is 12.7. The minimum Gasteiger partial charge on any atom is -0.313 e. The molecule has 0 spiro atoms. The topological polar surface area (TPSA) is 12.0 Å². The van der Waals surface area contributed by atoms with E-state index in [1.165, 1.54) is 19.4 Å². The van der Waals surface area contributed by atoms with Crippen LogP contribution in [0.4, 0.5) is 0 Å². The van der Waals surface area contributed by atoms with Crippen molar-refractivity contribution < 1.29 is 0 Å². The van der Waals surface area contributed by atoms with Crippen molar-refractivity contribution >= 4 is 0 Å². The van der Waals surface area contributed by atoms with Gasteiger partial charge in [0, 0.05) is 6.04 Å². The van der Waals surface area contributed by atoms with Crippen LogP contribution in [0.2, 0.25) is 0 Å². The molecule has 0 saturated heterocycles. The van der Waals surface area contributed by atoms with Gasteiger partial charge < -0.3 is 5.32 Å². The van der Waals surface area contributed by atoms with E-state index in [4.69, 9.17) is 0 Å². The summed E-state index contributed by atoms with van der Waals surface area (Å²) in [7, 11) is 0. The third-order valence-electron chi connectivity index (χ3n) is 7.18. The third-order valence-corrected chi connectivity index (χ3v) is 7.18. The fourth-order valence-electron chi connectivity index (χ4n) is 6.12. The van der Waals surface area contributed by atoms with Crippen LogP contribution >= 0.6 is 0 Å². The first-order valence-electron chi connectivity index (χ1n) is 8.88. The molecule has 19 heavy (non-hydrogen) atoms. The molecule has 5 aliphatic rings. The van der Waals surface area contributed by atoms with Crippen molar-refractivity contribution in [2.75, 3.05) is 6.54 Å². The van der Waals surface area contributed by atoms with E-state index >= 15 is 0 Å². The van der Waals surface area contributed by atoms with Crippen molar-refractivity contribution in [2.24, 2.45) is 35.0 Å². The van der Waals surface area contributed by atoms with Crippen molar-refractivity contribution in [3.05, 3.63) is 0 Å². The summed E-state index contributed by atoms with van der Waals surface area (Å²) in [5, 5.41) is 3.96. The Morgan fingerprint density at radius 2 is 1.47 bits per heavy atom. The minimum atomic E-state index is 0.692. The minimum absolute atomic E-state index is 0.692. The molecule has 5 rings (SSSR count). The summed E-state index contributed by atoms with van der Waals surface area (Å²) in [5.74, 6) is 5.25. The largest absolute Gasteiger partial charge is 0.313 e. The predicted molar refractivity (Wildman–Crippen MR) is 80.0 cm³/mol. The van der Waals surface area contributed by atoms with Crippen molar-refractivity contribution in [1.29, 1.82) is 0 Å². The van der Waals surface area contributed by atoms with E-state index in [2.05, 4.69) is 19.2 Å². The van der Waals surface area contributed by atoms with Gasteiger partial charge in [-0.15, -0.1) is 0 Å². The fraction of sp³-hybridized carbons (Fsp3) is 1.00. The summed E-state index contributed by atoms with van der Waals surface area (Å²) >= 11 is 0. The molecule has 108 valence electrons. The van der Waals surface area contributed by atoms with Gasteiger partial charge in [0.05, 0.1) is 0 Å². The van der Waals surface area contributed by atoms with E-state index in [1.54, 1.807) is 38.5 Å². The van der Waals surface area contributed by atoms with Crippen LogP contribution in [0, 0.1) is 35.0 Å². The maximum atomic E-state index is 3.96. The number of nitrogens with one attached hydrogen (secondary N) is 1. The summed E-state index contributed by atoms with van der Waals surface area (Å²) in [6.45, 7) is 6.23. The third kappa shape index (κ3) is 2.26. The lowest BCUT2D eigenvalue weighted by molar-refractivity contribution is -0.0708. The molecule has 5 saturated carbocycles. The maximum Gasteiger partial charge on any atom is 0.00956 e. The summed E-state index contributed by atoms with van der Waals surface area (Å²) in [4.78, 5) is 0. The van der Waals surface area contributed by atoms with E-state index < -0.39 is 0 Å². The van der Waals surface area contributed by atoms with Gasteiger partial charge >= 0.3 is 0 Å². The molecule has 5 aliphatic carbocycles. The van der Waals surface area contributed by atoms with Crippen LogP contribution in [0.3, 0.4) is 0 Å². The van der Waals surface area contributed by atoms with Crippen molar-refractivity contribution in [1.82, 2.24) is 5.32 Å². The Kier molecular flexibility index (Phi) is 2.99. The molecule has 0 aromatic heterocycles. The summed E-state index contributed by atoms with van der Waals surface area (Å²) in [6, 6.07) is 0.766. The molecule has 1 nitrogen and oxygen atoms in total. The average molecular weight is 261 g/mol. The lowest BCUT2D eigenvalue weighted by Crippen LogP contribution is -2.55. The highest BCUT2D eigenvalue weighted by molar-refractivity contribution is 5.05. The van der Waals surface area contributed by atoms with E-state index in [0.29, 0.717) is 5.41 Å². The number of hydrogen-bond acceptors (Lipinski definition) is 1.